The van der Waals surface area contributed by atoms with E-state index in [2.05, 4.69) is 4.29 Å². The van der Waals surface area contributed by atoms with Crippen molar-refractivity contribution in [3.8, 4) is 0 Å². The zero-order valence-electron chi connectivity index (χ0n) is 6.53. The second kappa shape index (κ2) is 4.42. The van der Waals surface area contributed by atoms with Gasteiger partial charge in [-0.3, -0.25) is 14.4 Å². The number of hydrogen-bond acceptors (Lipinski definition) is 3. The Hall–Kier alpha value is -0.610. The molecule has 5 heteroatoms. The van der Waals surface area contributed by atoms with Crippen molar-refractivity contribution in [1.29, 1.82) is 0 Å². The summed E-state index contributed by atoms with van der Waals surface area (Å²) >= 11 is 5.06. The largest absolute Gasteiger partial charge is 0.275 e. The molecule has 0 radical (unpaired) electrons. The highest BCUT2D eigenvalue weighted by Gasteiger charge is 2.22. The van der Waals surface area contributed by atoms with Crippen molar-refractivity contribution in [2.75, 3.05) is 6.61 Å². The normalized spacial score (nSPS) is 23.4. The van der Waals surface area contributed by atoms with Crippen LogP contribution in [0.25, 0.3) is 0 Å². The molecule has 1 rings (SSSR count). The van der Waals surface area contributed by atoms with Crippen LogP contribution in [0, 0.1) is 10.1 Å². The molecule has 0 fully saturated rings. The van der Waals surface area contributed by atoms with Gasteiger partial charge in [0, 0.05) is 17.8 Å². The van der Waals surface area contributed by atoms with Crippen LogP contribution in [0.5, 0.6) is 0 Å². The van der Waals surface area contributed by atoms with E-state index >= 15 is 0 Å². The zero-order valence-corrected chi connectivity index (χ0v) is 7.29. The molecule has 0 saturated carbocycles. The van der Waals surface area contributed by atoms with Crippen molar-refractivity contribution < 1.29 is 9.21 Å². The molecular formula is C7H10ClNO3. The smallest absolute Gasteiger partial charge is 0.216 e. The molecule has 1 aliphatic rings. The Morgan fingerprint density at radius 1 is 1.83 bits per heavy atom. The fourth-order valence-corrected chi connectivity index (χ4v) is 1.41. The average Bonchev–Trinajstić information content (AvgIpc) is 2.06. The average molecular weight is 192 g/mol. The Labute approximate surface area is 75.5 Å². The van der Waals surface area contributed by atoms with Gasteiger partial charge in [-0.25, -0.2) is 0 Å². The Morgan fingerprint density at radius 3 is 3.00 bits per heavy atom. The first kappa shape index (κ1) is 9.48. The van der Waals surface area contributed by atoms with E-state index in [1.807, 2.05) is 6.08 Å². The van der Waals surface area contributed by atoms with Gasteiger partial charge in [-0.2, -0.15) is 0 Å². The van der Waals surface area contributed by atoms with Crippen LogP contribution in [0.15, 0.2) is 11.6 Å². The van der Waals surface area contributed by atoms with Crippen molar-refractivity contribution in [1.82, 2.24) is 0 Å². The fourth-order valence-electron chi connectivity index (χ4n) is 1.27. The molecule has 0 aromatic heterocycles. The molecule has 0 aliphatic heterocycles. The second-order valence-corrected chi connectivity index (χ2v) is 3.05. The fraction of sp³-hybridized carbons (Fsp3) is 0.714. The first-order valence-electron chi connectivity index (χ1n) is 3.79. The highest BCUT2D eigenvalue weighted by molar-refractivity contribution is 6.07. The maximum atomic E-state index is 10.3. The van der Waals surface area contributed by atoms with Crippen LogP contribution < -0.4 is 0 Å². The molecule has 68 valence electrons. The molecule has 12 heavy (non-hydrogen) atoms. The van der Waals surface area contributed by atoms with Gasteiger partial charge in [0.25, 0.3) is 0 Å². The molecule has 0 amide bonds. The highest BCUT2D eigenvalue weighted by atomic mass is 35.5. The number of hydrogen-bond donors (Lipinski definition) is 0. The van der Waals surface area contributed by atoms with Crippen LogP contribution in [-0.2, 0) is 4.29 Å². The van der Waals surface area contributed by atoms with E-state index in [1.165, 1.54) is 0 Å². The van der Waals surface area contributed by atoms with Crippen LogP contribution in [0.1, 0.15) is 19.3 Å². The van der Waals surface area contributed by atoms with Gasteiger partial charge in [0.15, 0.2) is 0 Å². The van der Waals surface area contributed by atoms with Gasteiger partial charge in [0.2, 0.25) is 6.04 Å². The lowest BCUT2D eigenvalue weighted by Gasteiger charge is -2.14. The predicted octanol–water partition coefficient (Wildman–Crippen LogP) is 1.91. The van der Waals surface area contributed by atoms with Crippen LogP contribution in [0.4, 0.5) is 0 Å². The van der Waals surface area contributed by atoms with Crippen LogP contribution in [0.2, 0.25) is 0 Å². The molecule has 0 bridgehead atoms. The lowest BCUT2D eigenvalue weighted by Crippen LogP contribution is -2.21. The van der Waals surface area contributed by atoms with E-state index in [9.17, 15) is 10.1 Å². The van der Waals surface area contributed by atoms with Gasteiger partial charge in [-0.15, -0.1) is 0 Å². The van der Waals surface area contributed by atoms with E-state index in [-0.39, 0.29) is 4.92 Å². The molecule has 0 spiro atoms. The Balaban J connectivity index is 2.42. The Bertz CT molecular complexity index is 205. The summed E-state index contributed by atoms with van der Waals surface area (Å²) in [6.07, 6.45) is 3.67. The number of halogens is 1. The summed E-state index contributed by atoms with van der Waals surface area (Å²) in [6, 6.07) is -0.413. The van der Waals surface area contributed by atoms with E-state index in [1.54, 1.807) is 0 Å². The van der Waals surface area contributed by atoms with E-state index in [0.29, 0.717) is 19.4 Å². The quantitative estimate of drug-likeness (QED) is 0.389. The summed E-state index contributed by atoms with van der Waals surface area (Å²) in [5.74, 6) is 0. The summed E-state index contributed by atoms with van der Waals surface area (Å²) < 4.78 is 4.41. The molecule has 4 nitrogen and oxygen atoms in total. The maximum absolute atomic E-state index is 10.3. The van der Waals surface area contributed by atoms with Crippen LogP contribution in [-0.4, -0.2) is 17.6 Å². The van der Waals surface area contributed by atoms with E-state index < -0.39 is 6.04 Å². The number of nitro groups is 1. The summed E-state index contributed by atoms with van der Waals surface area (Å²) in [7, 11) is 0. The van der Waals surface area contributed by atoms with Gasteiger partial charge < -0.3 is 0 Å². The molecular weight excluding hydrogens is 182 g/mol. The lowest BCUT2D eigenvalue weighted by atomic mass is 9.96. The van der Waals surface area contributed by atoms with Gasteiger partial charge in [0.1, 0.15) is 0 Å². The predicted molar refractivity (Wildman–Crippen MR) is 44.5 cm³/mol. The summed E-state index contributed by atoms with van der Waals surface area (Å²) in [4.78, 5) is 10.1. The van der Waals surface area contributed by atoms with Gasteiger partial charge >= 0.3 is 0 Å². The van der Waals surface area contributed by atoms with E-state index in [4.69, 9.17) is 11.9 Å². The van der Waals surface area contributed by atoms with Crippen molar-refractivity contribution in [3.63, 3.8) is 0 Å². The monoisotopic (exact) mass is 191 g/mol. The first-order valence-corrected chi connectivity index (χ1v) is 4.10. The molecule has 0 aromatic rings. The molecule has 0 aromatic carbocycles. The van der Waals surface area contributed by atoms with Crippen molar-refractivity contribution in [2.24, 2.45) is 0 Å². The summed E-state index contributed by atoms with van der Waals surface area (Å²) in [5, 5.41) is 10.3. The second-order valence-electron chi connectivity index (χ2n) is 2.83. The van der Waals surface area contributed by atoms with Gasteiger partial charge in [0.05, 0.1) is 18.5 Å². The zero-order chi connectivity index (χ0) is 8.97. The van der Waals surface area contributed by atoms with Crippen molar-refractivity contribution >= 4 is 11.9 Å². The van der Waals surface area contributed by atoms with Crippen LogP contribution >= 0.6 is 11.9 Å². The lowest BCUT2D eigenvalue weighted by molar-refractivity contribution is -0.523. The third-order valence-electron chi connectivity index (χ3n) is 2.02. The van der Waals surface area contributed by atoms with Gasteiger partial charge in [-0.05, 0) is 12.0 Å². The van der Waals surface area contributed by atoms with Crippen molar-refractivity contribution in [2.45, 2.75) is 25.3 Å². The molecule has 0 heterocycles. The topological polar surface area (TPSA) is 52.4 Å². The van der Waals surface area contributed by atoms with E-state index in [0.717, 1.165) is 12.0 Å². The molecule has 1 atom stereocenters. The SMILES string of the molecule is O=[N+]([O-])C1CC=C(COCl)CC1. The Kier molecular flexibility index (Phi) is 3.49. The Morgan fingerprint density at radius 2 is 2.58 bits per heavy atom. The standard InChI is InChI=1S/C7H10ClNO3/c8-12-5-6-1-3-7(4-2-6)9(10)11/h1,7H,2-5H2. The van der Waals surface area contributed by atoms with Crippen LogP contribution in [0.3, 0.4) is 0 Å². The number of rotatable bonds is 3. The highest BCUT2D eigenvalue weighted by Crippen LogP contribution is 2.20. The minimum Gasteiger partial charge on any atom is -0.275 e. The minimum atomic E-state index is -0.413. The molecule has 0 saturated heterocycles. The third-order valence-corrected chi connectivity index (χ3v) is 2.12. The van der Waals surface area contributed by atoms with Gasteiger partial charge in [-0.1, -0.05) is 6.08 Å². The third kappa shape index (κ3) is 2.46. The number of nitrogens with zero attached hydrogens (tertiary/aromatic N) is 1. The maximum Gasteiger partial charge on any atom is 0.216 e. The minimum absolute atomic E-state index is 0.227. The first-order chi connectivity index (χ1) is 5.74. The molecule has 0 N–H and O–H groups in total. The van der Waals surface area contributed by atoms with Crippen molar-refractivity contribution in [3.05, 3.63) is 21.8 Å². The molecule has 1 aliphatic carbocycles. The summed E-state index contributed by atoms with van der Waals surface area (Å²) in [6.45, 7) is 0.381. The summed E-state index contributed by atoms with van der Waals surface area (Å²) in [5.41, 5.74) is 1.06. The molecule has 1 unspecified atom stereocenters.